The van der Waals surface area contributed by atoms with Gasteiger partial charge in [0.25, 0.3) is 0 Å². The van der Waals surface area contributed by atoms with Gasteiger partial charge in [-0.05, 0) is 35.7 Å². The fraction of sp³-hybridized carbons (Fsp3) is 0.636. The van der Waals surface area contributed by atoms with Crippen molar-refractivity contribution in [3.05, 3.63) is 10.8 Å². The fourth-order valence-electron chi connectivity index (χ4n) is 2.18. The van der Waals surface area contributed by atoms with E-state index in [1.807, 2.05) is 6.92 Å². The van der Waals surface area contributed by atoms with Crippen LogP contribution in [0.25, 0.3) is 0 Å². The standard InChI is InChI=1S/C11H18BrN5O/c1-2-18-8-4-3-5-17(6-8)11-9(12)10(16-13)14-7-15-11/h7-8H,2-6,13H2,1H3,(H,14,15,16). The van der Waals surface area contributed by atoms with Gasteiger partial charge in [0.15, 0.2) is 5.82 Å². The quantitative estimate of drug-likeness (QED) is 0.648. The third-order valence-electron chi connectivity index (χ3n) is 2.99. The number of hydrazine groups is 1. The van der Waals surface area contributed by atoms with Gasteiger partial charge >= 0.3 is 0 Å². The number of nitrogen functional groups attached to an aromatic ring is 1. The molecule has 1 atom stereocenters. The second kappa shape index (κ2) is 6.31. The monoisotopic (exact) mass is 315 g/mol. The molecule has 2 rings (SSSR count). The largest absolute Gasteiger partial charge is 0.377 e. The van der Waals surface area contributed by atoms with E-state index in [1.54, 1.807) is 0 Å². The smallest absolute Gasteiger partial charge is 0.159 e. The summed E-state index contributed by atoms with van der Waals surface area (Å²) in [5.74, 6) is 6.87. The summed E-state index contributed by atoms with van der Waals surface area (Å²) in [6.07, 6.45) is 4.00. The Morgan fingerprint density at radius 3 is 3.17 bits per heavy atom. The minimum Gasteiger partial charge on any atom is -0.377 e. The van der Waals surface area contributed by atoms with Gasteiger partial charge in [0, 0.05) is 19.7 Å². The number of aromatic nitrogens is 2. The van der Waals surface area contributed by atoms with Crippen molar-refractivity contribution in [3.63, 3.8) is 0 Å². The average molecular weight is 316 g/mol. The van der Waals surface area contributed by atoms with E-state index in [0.29, 0.717) is 5.82 Å². The van der Waals surface area contributed by atoms with E-state index in [-0.39, 0.29) is 6.10 Å². The van der Waals surface area contributed by atoms with Crippen LogP contribution >= 0.6 is 15.9 Å². The lowest BCUT2D eigenvalue weighted by Crippen LogP contribution is -2.40. The first-order valence-electron chi connectivity index (χ1n) is 6.10. The summed E-state index contributed by atoms with van der Waals surface area (Å²) in [7, 11) is 0. The molecule has 1 fully saturated rings. The summed E-state index contributed by atoms with van der Waals surface area (Å²) in [5, 5.41) is 0. The van der Waals surface area contributed by atoms with Crippen LogP contribution in [0.2, 0.25) is 0 Å². The number of nitrogens with one attached hydrogen (secondary N) is 1. The van der Waals surface area contributed by atoms with Gasteiger partial charge in [0.1, 0.15) is 16.6 Å². The van der Waals surface area contributed by atoms with Gasteiger partial charge in [-0.2, -0.15) is 0 Å². The van der Waals surface area contributed by atoms with E-state index in [1.165, 1.54) is 6.33 Å². The van der Waals surface area contributed by atoms with Crippen molar-refractivity contribution in [2.24, 2.45) is 5.84 Å². The van der Waals surface area contributed by atoms with Crippen LogP contribution in [0.3, 0.4) is 0 Å². The van der Waals surface area contributed by atoms with E-state index in [9.17, 15) is 0 Å². The van der Waals surface area contributed by atoms with Crippen molar-refractivity contribution < 1.29 is 4.74 Å². The molecule has 1 saturated heterocycles. The highest BCUT2D eigenvalue weighted by Crippen LogP contribution is 2.30. The van der Waals surface area contributed by atoms with Gasteiger partial charge in [-0.1, -0.05) is 0 Å². The summed E-state index contributed by atoms with van der Waals surface area (Å²) in [6, 6.07) is 0. The van der Waals surface area contributed by atoms with Gasteiger partial charge in [0.05, 0.1) is 6.10 Å². The van der Waals surface area contributed by atoms with E-state index in [0.717, 1.165) is 42.8 Å². The summed E-state index contributed by atoms with van der Waals surface area (Å²) in [6.45, 7) is 4.60. The molecular weight excluding hydrogens is 298 g/mol. The van der Waals surface area contributed by atoms with Gasteiger partial charge in [-0.3, -0.25) is 0 Å². The molecule has 0 saturated carbocycles. The van der Waals surface area contributed by atoms with Crippen LogP contribution in [0, 0.1) is 0 Å². The molecule has 100 valence electrons. The molecule has 1 aliphatic heterocycles. The second-order valence-electron chi connectivity index (χ2n) is 4.17. The van der Waals surface area contributed by atoms with E-state index in [2.05, 4.69) is 36.2 Å². The predicted octanol–water partition coefficient (Wildman–Crippen LogP) is 1.53. The Morgan fingerprint density at radius 2 is 2.44 bits per heavy atom. The lowest BCUT2D eigenvalue weighted by molar-refractivity contribution is 0.0525. The number of halogens is 1. The average Bonchev–Trinajstić information content (AvgIpc) is 2.40. The summed E-state index contributed by atoms with van der Waals surface area (Å²) in [5.41, 5.74) is 2.56. The Morgan fingerprint density at radius 1 is 1.61 bits per heavy atom. The number of nitrogens with zero attached hydrogens (tertiary/aromatic N) is 3. The molecule has 1 unspecified atom stereocenters. The molecular formula is C11H18BrN5O. The van der Waals surface area contributed by atoms with Gasteiger partial charge < -0.3 is 15.1 Å². The van der Waals surface area contributed by atoms with Crippen molar-refractivity contribution in [3.8, 4) is 0 Å². The minimum atomic E-state index is 0.278. The maximum absolute atomic E-state index is 5.69. The molecule has 0 amide bonds. The molecule has 3 N–H and O–H groups in total. The number of anilines is 2. The first-order chi connectivity index (χ1) is 8.76. The van der Waals surface area contributed by atoms with E-state index >= 15 is 0 Å². The highest BCUT2D eigenvalue weighted by molar-refractivity contribution is 9.10. The highest BCUT2D eigenvalue weighted by atomic mass is 79.9. The van der Waals surface area contributed by atoms with Crippen LogP contribution in [0.4, 0.5) is 11.6 Å². The van der Waals surface area contributed by atoms with E-state index < -0.39 is 0 Å². The fourth-order valence-corrected chi connectivity index (χ4v) is 2.75. The van der Waals surface area contributed by atoms with Crippen LogP contribution in [-0.2, 0) is 4.74 Å². The van der Waals surface area contributed by atoms with Gasteiger partial charge in [0.2, 0.25) is 0 Å². The third kappa shape index (κ3) is 2.90. The maximum atomic E-state index is 5.69. The molecule has 2 heterocycles. The lowest BCUT2D eigenvalue weighted by Gasteiger charge is -2.33. The van der Waals surface area contributed by atoms with Crippen LogP contribution in [0.5, 0.6) is 0 Å². The molecule has 7 heteroatoms. The maximum Gasteiger partial charge on any atom is 0.159 e. The Labute approximate surface area is 115 Å². The zero-order chi connectivity index (χ0) is 13.0. The zero-order valence-electron chi connectivity index (χ0n) is 10.4. The van der Waals surface area contributed by atoms with Crippen molar-refractivity contribution >= 4 is 27.6 Å². The predicted molar refractivity (Wildman–Crippen MR) is 74.4 cm³/mol. The Kier molecular flexibility index (Phi) is 4.73. The van der Waals surface area contributed by atoms with Crippen molar-refractivity contribution in [1.29, 1.82) is 0 Å². The Hall–Kier alpha value is -0.920. The molecule has 0 spiro atoms. The zero-order valence-corrected chi connectivity index (χ0v) is 12.0. The van der Waals surface area contributed by atoms with E-state index in [4.69, 9.17) is 10.6 Å². The molecule has 18 heavy (non-hydrogen) atoms. The number of hydrogen-bond acceptors (Lipinski definition) is 6. The SMILES string of the molecule is CCOC1CCCN(c2ncnc(NN)c2Br)C1. The normalized spacial score (nSPS) is 19.9. The molecule has 0 radical (unpaired) electrons. The summed E-state index contributed by atoms with van der Waals surface area (Å²) in [4.78, 5) is 10.6. The molecule has 1 aliphatic rings. The van der Waals surface area contributed by atoms with Crippen LogP contribution in [0.15, 0.2) is 10.8 Å². The number of nitrogens with two attached hydrogens (primary N) is 1. The van der Waals surface area contributed by atoms with Gasteiger partial charge in [-0.15, -0.1) is 0 Å². The first-order valence-corrected chi connectivity index (χ1v) is 6.89. The number of ether oxygens (including phenoxy) is 1. The molecule has 0 aromatic carbocycles. The topological polar surface area (TPSA) is 76.3 Å². The molecule has 1 aromatic rings. The molecule has 0 aliphatic carbocycles. The van der Waals surface area contributed by atoms with Crippen LogP contribution in [0.1, 0.15) is 19.8 Å². The third-order valence-corrected chi connectivity index (χ3v) is 3.72. The lowest BCUT2D eigenvalue weighted by atomic mass is 10.1. The summed E-state index contributed by atoms with van der Waals surface area (Å²) >= 11 is 3.49. The minimum absolute atomic E-state index is 0.278. The summed E-state index contributed by atoms with van der Waals surface area (Å²) < 4.78 is 6.49. The highest BCUT2D eigenvalue weighted by Gasteiger charge is 2.23. The van der Waals surface area contributed by atoms with Crippen LogP contribution < -0.4 is 16.2 Å². The van der Waals surface area contributed by atoms with Crippen LogP contribution in [-0.4, -0.2) is 35.8 Å². The van der Waals surface area contributed by atoms with Gasteiger partial charge in [-0.25, -0.2) is 15.8 Å². The van der Waals surface area contributed by atoms with Crippen molar-refractivity contribution in [2.45, 2.75) is 25.9 Å². The Balaban J connectivity index is 2.15. The Bertz CT molecular complexity index is 401. The number of piperidine rings is 1. The first kappa shape index (κ1) is 13.5. The van der Waals surface area contributed by atoms with Crippen molar-refractivity contribution in [2.75, 3.05) is 30.0 Å². The second-order valence-corrected chi connectivity index (χ2v) is 4.96. The number of hydrogen-bond donors (Lipinski definition) is 2. The molecule has 0 bridgehead atoms. The molecule has 1 aromatic heterocycles. The molecule has 6 nitrogen and oxygen atoms in total. The number of rotatable bonds is 4. The van der Waals surface area contributed by atoms with Crippen molar-refractivity contribution in [1.82, 2.24) is 9.97 Å².